The molecule has 0 aromatic heterocycles. The second-order valence-corrected chi connectivity index (χ2v) is 5.78. The molecule has 0 heterocycles. The van der Waals surface area contributed by atoms with Crippen LogP contribution in [0.3, 0.4) is 0 Å². The molecule has 0 aliphatic rings. The number of ether oxygens (including phenoxy) is 1. The lowest BCUT2D eigenvalue weighted by Gasteiger charge is -2.11. The molecule has 0 bridgehead atoms. The van der Waals surface area contributed by atoms with Crippen molar-refractivity contribution in [3.05, 3.63) is 57.5 Å². The predicted molar refractivity (Wildman–Crippen MR) is 83.0 cm³/mol. The maximum atomic E-state index is 5.92. The van der Waals surface area contributed by atoms with E-state index in [1.165, 1.54) is 5.56 Å². The topological polar surface area (TPSA) is 35.2 Å². The Morgan fingerprint density at radius 3 is 2.58 bits per heavy atom. The fourth-order valence-electron chi connectivity index (χ4n) is 1.77. The molecule has 2 aromatic carbocycles. The van der Waals surface area contributed by atoms with E-state index in [1.54, 1.807) is 6.07 Å². The molecule has 0 fully saturated rings. The van der Waals surface area contributed by atoms with E-state index in [0.717, 1.165) is 22.4 Å². The van der Waals surface area contributed by atoms with Crippen molar-refractivity contribution in [3.63, 3.8) is 0 Å². The maximum absolute atomic E-state index is 5.92. The van der Waals surface area contributed by atoms with Gasteiger partial charge >= 0.3 is 0 Å². The molecule has 1 unspecified atom stereocenters. The van der Waals surface area contributed by atoms with E-state index in [9.17, 15) is 0 Å². The first-order chi connectivity index (χ1) is 9.04. The van der Waals surface area contributed by atoms with Crippen LogP contribution in [-0.4, -0.2) is 6.04 Å². The number of hydrogen-bond acceptors (Lipinski definition) is 2. The molecule has 2 N–H and O–H groups in total. The summed E-state index contributed by atoms with van der Waals surface area (Å²) < 4.78 is 6.76. The molecule has 100 valence electrons. The van der Waals surface area contributed by atoms with Crippen molar-refractivity contribution < 1.29 is 4.74 Å². The Bertz CT molecular complexity index is 572. The zero-order valence-corrected chi connectivity index (χ0v) is 12.9. The standard InChI is InChI=1S/C15H15BrClNO/c1-10(18)7-11-5-6-14(9-15(11)16)19-13-4-2-3-12(17)8-13/h2-6,8-10H,7,18H2,1H3. The summed E-state index contributed by atoms with van der Waals surface area (Å²) in [5, 5.41) is 0.658. The van der Waals surface area contributed by atoms with Crippen LogP contribution in [0.15, 0.2) is 46.9 Å². The van der Waals surface area contributed by atoms with E-state index in [1.807, 2.05) is 43.3 Å². The van der Waals surface area contributed by atoms with Crippen LogP contribution in [0, 0.1) is 0 Å². The average molecular weight is 341 g/mol. The molecule has 0 spiro atoms. The van der Waals surface area contributed by atoms with Gasteiger partial charge in [0.25, 0.3) is 0 Å². The van der Waals surface area contributed by atoms with Crippen LogP contribution in [0.5, 0.6) is 11.5 Å². The predicted octanol–water partition coefficient (Wildman–Crippen LogP) is 4.78. The van der Waals surface area contributed by atoms with Crippen LogP contribution >= 0.6 is 27.5 Å². The lowest BCUT2D eigenvalue weighted by atomic mass is 10.1. The molecule has 2 nitrogen and oxygen atoms in total. The highest BCUT2D eigenvalue weighted by molar-refractivity contribution is 9.10. The van der Waals surface area contributed by atoms with Crippen molar-refractivity contribution in [1.29, 1.82) is 0 Å². The molecule has 4 heteroatoms. The molecule has 0 amide bonds. The van der Waals surface area contributed by atoms with Crippen molar-refractivity contribution in [2.24, 2.45) is 5.73 Å². The summed E-state index contributed by atoms with van der Waals surface area (Å²) in [6.45, 7) is 1.99. The van der Waals surface area contributed by atoms with E-state index in [0.29, 0.717) is 5.02 Å². The normalized spacial score (nSPS) is 12.2. The third-order valence-corrected chi connectivity index (χ3v) is 3.57. The van der Waals surface area contributed by atoms with Crippen LogP contribution < -0.4 is 10.5 Å². The molecule has 0 aliphatic heterocycles. The van der Waals surface area contributed by atoms with E-state index in [2.05, 4.69) is 15.9 Å². The smallest absolute Gasteiger partial charge is 0.128 e. The van der Waals surface area contributed by atoms with Gasteiger partial charge in [0.2, 0.25) is 0 Å². The van der Waals surface area contributed by atoms with Crippen LogP contribution in [0.4, 0.5) is 0 Å². The van der Waals surface area contributed by atoms with Crippen molar-refractivity contribution in [1.82, 2.24) is 0 Å². The highest BCUT2D eigenvalue weighted by atomic mass is 79.9. The molecular weight excluding hydrogens is 326 g/mol. The number of hydrogen-bond donors (Lipinski definition) is 1. The molecule has 0 saturated heterocycles. The quantitative estimate of drug-likeness (QED) is 0.869. The van der Waals surface area contributed by atoms with E-state index < -0.39 is 0 Å². The summed E-state index contributed by atoms with van der Waals surface area (Å²) in [4.78, 5) is 0. The van der Waals surface area contributed by atoms with Gasteiger partial charge in [-0.3, -0.25) is 0 Å². The highest BCUT2D eigenvalue weighted by Gasteiger charge is 2.05. The molecule has 19 heavy (non-hydrogen) atoms. The highest BCUT2D eigenvalue weighted by Crippen LogP contribution is 2.28. The Kier molecular flexibility index (Phi) is 4.86. The lowest BCUT2D eigenvalue weighted by molar-refractivity contribution is 0.482. The zero-order valence-electron chi connectivity index (χ0n) is 10.6. The molecular formula is C15H15BrClNO. The van der Waals surface area contributed by atoms with Gasteiger partial charge in [0.1, 0.15) is 11.5 Å². The summed E-state index contributed by atoms with van der Waals surface area (Å²) in [7, 11) is 0. The Morgan fingerprint density at radius 1 is 1.21 bits per heavy atom. The summed E-state index contributed by atoms with van der Waals surface area (Å²) in [6.07, 6.45) is 0.831. The van der Waals surface area contributed by atoms with Crippen molar-refractivity contribution in [3.8, 4) is 11.5 Å². The van der Waals surface area contributed by atoms with E-state index in [4.69, 9.17) is 22.1 Å². The number of nitrogens with two attached hydrogens (primary N) is 1. The summed E-state index contributed by atoms with van der Waals surface area (Å²) >= 11 is 9.46. The molecule has 2 rings (SSSR count). The Balaban J connectivity index is 2.16. The van der Waals surface area contributed by atoms with Gasteiger partial charge in [-0.15, -0.1) is 0 Å². The van der Waals surface area contributed by atoms with Gasteiger partial charge in [0.05, 0.1) is 0 Å². The van der Waals surface area contributed by atoms with Crippen molar-refractivity contribution in [2.45, 2.75) is 19.4 Å². The van der Waals surface area contributed by atoms with Crippen LogP contribution in [-0.2, 0) is 6.42 Å². The Hall–Kier alpha value is -1.03. The van der Waals surface area contributed by atoms with E-state index >= 15 is 0 Å². The third kappa shape index (κ3) is 4.23. The minimum atomic E-state index is 0.135. The fourth-order valence-corrected chi connectivity index (χ4v) is 2.47. The van der Waals surface area contributed by atoms with Crippen molar-refractivity contribution >= 4 is 27.5 Å². The summed E-state index contributed by atoms with van der Waals surface area (Å²) in [6, 6.07) is 13.4. The molecule has 0 aliphatic carbocycles. The van der Waals surface area contributed by atoms with E-state index in [-0.39, 0.29) is 6.04 Å². The molecule has 1 atom stereocenters. The van der Waals surface area contributed by atoms with Gasteiger partial charge in [-0.05, 0) is 49.2 Å². The first-order valence-electron chi connectivity index (χ1n) is 6.02. The minimum Gasteiger partial charge on any atom is -0.457 e. The van der Waals surface area contributed by atoms with Gasteiger partial charge in [-0.2, -0.15) is 0 Å². The first-order valence-corrected chi connectivity index (χ1v) is 7.19. The average Bonchev–Trinajstić information content (AvgIpc) is 2.32. The Morgan fingerprint density at radius 2 is 1.95 bits per heavy atom. The fraction of sp³-hybridized carbons (Fsp3) is 0.200. The van der Waals surface area contributed by atoms with Gasteiger partial charge in [0.15, 0.2) is 0 Å². The Labute approximate surface area is 126 Å². The third-order valence-electron chi connectivity index (χ3n) is 2.60. The van der Waals surface area contributed by atoms with Crippen LogP contribution in [0.1, 0.15) is 12.5 Å². The van der Waals surface area contributed by atoms with Crippen molar-refractivity contribution in [2.75, 3.05) is 0 Å². The zero-order chi connectivity index (χ0) is 13.8. The van der Waals surface area contributed by atoms with Gasteiger partial charge in [0, 0.05) is 15.5 Å². The van der Waals surface area contributed by atoms with Gasteiger partial charge < -0.3 is 10.5 Å². The first kappa shape index (κ1) is 14.4. The monoisotopic (exact) mass is 339 g/mol. The van der Waals surface area contributed by atoms with Gasteiger partial charge in [-0.25, -0.2) is 0 Å². The minimum absolute atomic E-state index is 0.135. The summed E-state index contributed by atoms with van der Waals surface area (Å²) in [5.74, 6) is 1.49. The SMILES string of the molecule is CC(N)Cc1ccc(Oc2cccc(Cl)c2)cc1Br. The van der Waals surface area contributed by atoms with Crippen LogP contribution in [0.25, 0.3) is 0 Å². The van der Waals surface area contributed by atoms with Crippen LogP contribution in [0.2, 0.25) is 5.02 Å². The molecule has 0 radical (unpaired) electrons. The molecule has 0 saturated carbocycles. The van der Waals surface area contributed by atoms with Gasteiger partial charge in [-0.1, -0.05) is 39.7 Å². The maximum Gasteiger partial charge on any atom is 0.128 e. The second kappa shape index (κ2) is 6.42. The lowest BCUT2D eigenvalue weighted by Crippen LogP contribution is -2.17. The number of rotatable bonds is 4. The summed E-state index contributed by atoms with van der Waals surface area (Å²) in [5.41, 5.74) is 6.98. The largest absolute Gasteiger partial charge is 0.457 e. The molecule has 2 aromatic rings. The number of halogens is 2. The number of benzene rings is 2. The second-order valence-electron chi connectivity index (χ2n) is 4.49.